The highest BCUT2D eigenvalue weighted by molar-refractivity contribution is 5.74. The summed E-state index contributed by atoms with van der Waals surface area (Å²) in [5.41, 5.74) is 0.365. The second kappa shape index (κ2) is 6.52. The molecule has 1 fully saturated rings. The Hall–Kier alpha value is -1.49. The van der Waals surface area contributed by atoms with Crippen molar-refractivity contribution in [2.45, 2.75) is 52.2 Å². The van der Waals surface area contributed by atoms with Gasteiger partial charge in [-0.05, 0) is 42.7 Å². The topological polar surface area (TPSA) is 74.5 Å². The molecule has 5 nitrogen and oxygen atoms in total. The minimum Gasteiger partial charge on any atom is -0.467 e. The number of furan rings is 1. The number of rotatable bonds is 4. The minimum absolute atomic E-state index is 0.145. The Kier molecular flexibility index (Phi) is 4.93. The molecule has 0 aromatic carbocycles. The van der Waals surface area contributed by atoms with E-state index in [-0.39, 0.29) is 18.6 Å². The third-order valence-electron chi connectivity index (χ3n) is 4.34. The average molecular weight is 294 g/mol. The quantitative estimate of drug-likeness (QED) is 0.799. The Balaban J connectivity index is 1.75. The SMILES string of the molecule is CC1CC(C)(C)CCC1NC(=O)NCC(O)c1ccco1. The lowest BCUT2D eigenvalue weighted by atomic mass is 9.70. The van der Waals surface area contributed by atoms with Gasteiger partial charge in [0.25, 0.3) is 0 Å². The molecule has 0 aliphatic heterocycles. The Bertz CT molecular complexity index is 456. The molecule has 3 N–H and O–H groups in total. The van der Waals surface area contributed by atoms with Crippen LogP contribution in [0.4, 0.5) is 4.79 Å². The van der Waals surface area contributed by atoms with Gasteiger partial charge in [0.2, 0.25) is 0 Å². The highest BCUT2D eigenvalue weighted by Gasteiger charge is 2.33. The van der Waals surface area contributed by atoms with E-state index < -0.39 is 6.10 Å². The van der Waals surface area contributed by atoms with E-state index >= 15 is 0 Å². The zero-order chi connectivity index (χ0) is 15.5. The molecule has 1 aliphatic rings. The molecular weight excluding hydrogens is 268 g/mol. The summed E-state index contributed by atoms with van der Waals surface area (Å²) in [6.45, 7) is 6.88. The maximum absolute atomic E-state index is 11.9. The van der Waals surface area contributed by atoms with Crippen molar-refractivity contribution < 1.29 is 14.3 Å². The first-order chi connectivity index (χ1) is 9.87. The van der Waals surface area contributed by atoms with Crippen LogP contribution in [0.2, 0.25) is 0 Å². The Morgan fingerprint density at radius 2 is 2.33 bits per heavy atom. The van der Waals surface area contributed by atoms with Crippen LogP contribution in [0, 0.1) is 11.3 Å². The zero-order valence-corrected chi connectivity index (χ0v) is 13.1. The lowest BCUT2D eigenvalue weighted by molar-refractivity contribution is 0.139. The smallest absolute Gasteiger partial charge is 0.315 e. The molecule has 0 bridgehead atoms. The van der Waals surface area contributed by atoms with Gasteiger partial charge in [0.1, 0.15) is 11.9 Å². The molecule has 0 spiro atoms. The first-order valence-electron chi connectivity index (χ1n) is 7.63. The predicted molar refractivity (Wildman–Crippen MR) is 80.8 cm³/mol. The van der Waals surface area contributed by atoms with E-state index in [2.05, 4.69) is 31.4 Å². The van der Waals surface area contributed by atoms with Gasteiger partial charge in [0.15, 0.2) is 0 Å². The van der Waals surface area contributed by atoms with Crippen LogP contribution in [0.25, 0.3) is 0 Å². The van der Waals surface area contributed by atoms with Crippen LogP contribution in [0.3, 0.4) is 0 Å². The Morgan fingerprint density at radius 1 is 1.57 bits per heavy atom. The first kappa shape index (κ1) is 15.9. The van der Waals surface area contributed by atoms with E-state index in [9.17, 15) is 9.90 Å². The fraction of sp³-hybridized carbons (Fsp3) is 0.688. The normalized spacial score (nSPS) is 26.1. The summed E-state index contributed by atoms with van der Waals surface area (Å²) in [5.74, 6) is 0.928. The van der Waals surface area contributed by atoms with Crippen LogP contribution in [-0.2, 0) is 0 Å². The molecule has 2 rings (SSSR count). The lowest BCUT2D eigenvalue weighted by Crippen LogP contribution is -2.48. The second-order valence-corrected chi connectivity index (χ2v) is 6.88. The average Bonchev–Trinajstić information content (AvgIpc) is 2.93. The summed E-state index contributed by atoms with van der Waals surface area (Å²) in [4.78, 5) is 11.9. The molecule has 0 radical (unpaired) electrons. The predicted octanol–water partition coefficient (Wildman–Crippen LogP) is 2.83. The first-order valence-corrected chi connectivity index (χ1v) is 7.63. The van der Waals surface area contributed by atoms with Crippen LogP contribution >= 0.6 is 0 Å². The lowest BCUT2D eigenvalue weighted by Gasteiger charge is -2.39. The van der Waals surface area contributed by atoms with Crippen molar-refractivity contribution >= 4 is 6.03 Å². The van der Waals surface area contributed by atoms with Crippen molar-refractivity contribution in [3.05, 3.63) is 24.2 Å². The van der Waals surface area contributed by atoms with E-state index in [0.717, 1.165) is 19.3 Å². The number of hydrogen-bond acceptors (Lipinski definition) is 3. The van der Waals surface area contributed by atoms with E-state index in [1.807, 2.05) is 0 Å². The molecule has 118 valence electrons. The van der Waals surface area contributed by atoms with Crippen LogP contribution in [0.15, 0.2) is 22.8 Å². The van der Waals surface area contributed by atoms with Gasteiger partial charge in [-0.1, -0.05) is 20.8 Å². The highest BCUT2D eigenvalue weighted by atomic mass is 16.4. The molecule has 3 atom stereocenters. The van der Waals surface area contributed by atoms with Crippen molar-refractivity contribution in [1.29, 1.82) is 0 Å². The summed E-state index contributed by atoms with van der Waals surface area (Å²) < 4.78 is 5.10. The summed E-state index contributed by atoms with van der Waals surface area (Å²) in [7, 11) is 0. The molecular formula is C16H26N2O3. The van der Waals surface area contributed by atoms with Gasteiger partial charge in [-0.2, -0.15) is 0 Å². The molecule has 1 aromatic heterocycles. The number of amides is 2. The van der Waals surface area contributed by atoms with Crippen LogP contribution in [0.1, 0.15) is 51.9 Å². The van der Waals surface area contributed by atoms with E-state index in [0.29, 0.717) is 17.1 Å². The van der Waals surface area contributed by atoms with E-state index in [1.165, 1.54) is 6.26 Å². The van der Waals surface area contributed by atoms with Crippen LogP contribution < -0.4 is 10.6 Å². The van der Waals surface area contributed by atoms with Crippen molar-refractivity contribution in [2.24, 2.45) is 11.3 Å². The fourth-order valence-electron chi connectivity index (χ4n) is 3.15. The summed E-state index contributed by atoms with van der Waals surface area (Å²) in [6, 6.07) is 3.38. The van der Waals surface area contributed by atoms with Gasteiger partial charge in [0.05, 0.1) is 12.8 Å². The molecule has 21 heavy (non-hydrogen) atoms. The van der Waals surface area contributed by atoms with Gasteiger partial charge < -0.3 is 20.2 Å². The minimum atomic E-state index is -0.812. The second-order valence-electron chi connectivity index (χ2n) is 6.88. The Morgan fingerprint density at radius 3 is 2.95 bits per heavy atom. The maximum Gasteiger partial charge on any atom is 0.315 e. The highest BCUT2D eigenvalue weighted by Crippen LogP contribution is 2.38. The van der Waals surface area contributed by atoms with E-state index in [1.54, 1.807) is 12.1 Å². The van der Waals surface area contributed by atoms with Crippen molar-refractivity contribution in [3.8, 4) is 0 Å². The fourth-order valence-corrected chi connectivity index (χ4v) is 3.15. The Labute approximate surface area is 126 Å². The van der Waals surface area contributed by atoms with Gasteiger partial charge in [-0.15, -0.1) is 0 Å². The third kappa shape index (κ3) is 4.49. The van der Waals surface area contributed by atoms with Crippen molar-refractivity contribution in [2.75, 3.05) is 6.54 Å². The maximum atomic E-state index is 11.9. The van der Waals surface area contributed by atoms with Crippen molar-refractivity contribution in [1.82, 2.24) is 10.6 Å². The molecule has 5 heteroatoms. The molecule has 1 saturated carbocycles. The van der Waals surface area contributed by atoms with Gasteiger partial charge in [-0.25, -0.2) is 4.79 Å². The van der Waals surface area contributed by atoms with Crippen LogP contribution in [-0.4, -0.2) is 23.7 Å². The molecule has 2 amide bonds. The monoisotopic (exact) mass is 294 g/mol. The van der Waals surface area contributed by atoms with Crippen molar-refractivity contribution in [3.63, 3.8) is 0 Å². The summed E-state index contributed by atoms with van der Waals surface area (Å²) in [5, 5.41) is 15.6. The van der Waals surface area contributed by atoms with Crippen LogP contribution in [0.5, 0.6) is 0 Å². The third-order valence-corrected chi connectivity index (χ3v) is 4.34. The van der Waals surface area contributed by atoms with Gasteiger partial charge in [-0.3, -0.25) is 0 Å². The number of nitrogens with one attached hydrogen (secondary N) is 2. The molecule has 1 aliphatic carbocycles. The number of hydrogen-bond donors (Lipinski definition) is 3. The molecule has 1 aromatic rings. The number of urea groups is 1. The zero-order valence-electron chi connectivity index (χ0n) is 13.1. The van der Waals surface area contributed by atoms with Gasteiger partial charge in [0, 0.05) is 6.04 Å². The van der Waals surface area contributed by atoms with Gasteiger partial charge >= 0.3 is 6.03 Å². The largest absolute Gasteiger partial charge is 0.467 e. The molecule has 0 saturated heterocycles. The van der Waals surface area contributed by atoms with E-state index in [4.69, 9.17) is 4.42 Å². The number of aliphatic hydroxyl groups excluding tert-OH is 1. The molecule has 1 heterocycles. The number of aliphatic hydroxyl groups is 1. The number of carbonyl (C=O) groups is 1. The molecule has 3 unspecified atom stereocenters. The summed E-state index contributed by atoms with van der Waals surface area (Å²) in [6.07, 6.45) is 3.94. The summed E-state index contributed by atoms with van der Waals surface area (Å²) >= 11 is 0. The standard InChI is InChI=1S/C16H26N2O3/c1-11-9-16(2,3)7-6-12(11)18-15(20)17-10-13(19)14-5-4-8-21-14/h4-5,8,11-13,19H,6-7,9-10H2,1-3H3,(H2,17,18,20). The number of carbonyl (C=O) groups excluding carboxylic acids is 1.